The van der Waals surface area contributed by atoms with Gasteiger partial charge in [0, 0.05) is 20.1 Å². The third-order valence-electron chi connectivity index (χ3n) is 4.13. The van der Waals surface area contributed by atoms with E-state index in [1.807, 2.05) is 0 Å². The van der Waals surface area contributed by atoms with Crippen LogP contribution in [0.1, 0.15) is 25.1 Å². The Bertz CT molecular complexity index is 1060. The Balaban J connectivity index is 2.50. The summed E-state index contributed by atoms with van der Waals surface area (Å²) in [6.07, 6.45) is 0. The molecular weight excluding hydrogens is 412 g/mol. The molecule has 0 aliphatic rings. The summed E-state index contributed by atoms with van der Waals surface area (Å²) in [4.78, 5) is -0.0826. The number of sulfonamides is 2. The first-order chi connectivity index (χ1) is 12.5. The maximum atomic E-state index is 12.8. The van der Waals surface area contributed by atoms with Gasteiger partial charge in [-0.25, -0.2) is 16.8 Å². The summed E-state index contributed by atoms with van der Waals surface area (Å²) in [6.45, 7) is 7.33. The molecule has 0 bridgehead atoms. The Morgan fingerprint density at radius 3 is 2.22 bits per heavy atom. The molecule has 1 aromatic carbocycles. The van der Waals surface area contributed by atoms with Crippen molar-refractivity contribution in [3.8, 4) is 0 Å². The minimum Gasteiger partial charge on any atom is -0.279 e. The van der Waals surface area contributed by atoms with Gasteiger partial charge in [-0.3, -0.25) is 9.40 Å². The zero-order valence-electron chi connectivity index (χ0n) is 15.8. The normalized spacial score (nSPS) is 12.6. The lowest BCUT2D eigenvalue weighted by molar-refractivity contribution is 0.445. The smallest absolute Gasteiger partial charge is 0.266 e. The summed E-state index contributed by atoms with van der Waals surface area (Å²) in [5.74, 6) is 0. The molecular formula is C16H23ClN4O4S2. The molecule has 2 aromatic rings. The number of halogens is 1. The van der Waals surface area contributed by atoms with Gasteiger partial charge in [0.1, 0.15) is 10.0 Å². The van der Waals surface area contributed by atoms with Gasteiger partial charge in [0.15, 0.2) is 0 Å². The van der Waals surface area contributed by atoms with Gasteiger partial charge in [-0.1, -0.05) is 31.5 Å². The fourth-order valence-electron chi connectivity index (χ4n) is 2.77. The lowest BCUT2D eigenvalue weighted by atomic mass is 10.2. The van der Waals surface area contributed by atoms with Gasteiger partial charge in [0.05, 0.1) is 16.3 Å². The number of aryl methyl sites for hydroxylation is 3. The lowest BCUT2D eigenvalue weighted by Crippen LogP contribution is -2.31. The summed E-state index contributed by atoms with van der Waals surface area (Å²) >= 11 is 6.05. The largest absolute Gasteiger partial charge is 0.279 e. The molecule has 0 radical (unpaired) electrons. The van der Waals surface area contributed by atoms with Crippen molar-refractivity contribution in [2.45, 2.75) is 37.5 Å². The molecule has 0 fully saturated rings. The van der Waals surface area contributed by atoms with E-state index in [2.05, 4.69) is 9.82 Å². The zero-order chi connectivity index (χ0) is 20.6. The Hall–Kier alpha value is -1.62. The number of hydrogen-bond acceptors (Lipinski definition) is 5. The molecule has 11 heteroatoms. The Morgan fingerprint density at radius 2 is 1.74 bits per heavy atom. The van der Waals surface area contributed by atoms with Crippen LogP contribution in [-0.4, -0.2) is 44.0 Å². The summed E-state index contributed by atoms with van der Waals surface area (Å²) in [6, 6.07) is 4.39. The first-order valence-electron chi connectivity index (χ1n) is 8.28. The minimum atomic E-state index is -4.03. The quantitative estimate of drug-likeness (QED) is 0.721. The Kier molecular flexibility index (Phi) is 6.25. The van der Waals surface area contributed by atoms with Crippen LogP contribution < -0.4 is 4.72 Å². The highest BCUT2D eigenvalue weighted by Crippen LogP contribution is 2.28. The van der Waals surface area contributed by atoms with E-state index in [-0.39, 0.29) is 26.3 Å². The van der Waals surface area contributed by atoms with E-state index in [0.717, 1.165) is 0 Å². The van der Waals surface area contributed by atoms with Gasteiger partial charge < -0.3 is 0 Å². The van der Waals surface area contributed by atoms with Crippen LogP contribution in [0, 0.1) is 13.8 Å². The molecule has 1 aromatic heterocycles. The van der Waals surface area contributed by atoms with E-state index >= 15 is 0 Å². The van der Waals surface area contributed by atoms with E-state index in [0.29, 0.717) is 18.7 Å². The molecule has 0 aliphatic carbocycles. The molecule has 1 heterocycles. The monoisotopic (exact) mass is 434 g/mol. The topological polar surface area (TPSA) is 101 Å². The van der Waals surface area contributed by atoms with Gasteiger partial charge >= 0.3 is 0 Å². The van der Waals surface area contributed by atoms with E-state index in [1.165, 1.54) is 35.1 Å². The lowest BCUT2D eigenvalue weighted by Gasteiger charge is -2.20. The van der Waals surface area contributed by atoms with Crippen molar-refractivity contribution < 1.29 is 16.8 Å². The van der Waals surface area contributed by atoms with Gasteiger partial charge in [-0.2, -0.15) is 9.40 Å². The SMILES string of the molecule is CCN(CC)S(=O)(=O)c1cc(NS(=O)(=O)c2c(C)nn(C)c2Cl)ccc1C. The Morgan fingerprint density at radius 1 is 1.15 bits per heavy atom. The van der Waals surface area contributed by atoms with Gasteiger partial charge in [0.2, 0.25) is 10.0 Å². The number of benzene rings is 1. The predicted molar refractivity (Wildman–Crippen MR) is 105 cm³/mol. The van der Waals surface area contributed by atoms with E-state index in [4.69, 9.17) is 11.6 Å². The van der Waals surface area contributed by atoms with Crippen molar-refractivity contribution in [2.24, 2.45) is 7.05 Å². The second kappa shape index (κ2) is 7.78. The van der Waals surface area contributed by atoms with Crippen LogP contribution in [0.4, 0.5) is 5.69 Å². The molecule has 0 saturated heterocycles. The predicted octanol–water partition coefficient (Wildman–Crippen LogP) is 2.52. The third kappa shape index (κ3) is 4.13. The molecule has 1 N–H and O–H groups in total. The number of anilines is 1. The minimum absolute atomic E-state index is 0.0249. The average molecular weight is 435 g/mol. The van der Waals surface area contributed by atoms with Crippen molar-refractivity contribution in [2.75, 3.05) is 17.8 Å². The fraction of sp³-hybridized carbons (Fsp3) is 0.438. The third-order valence-corrected chi connectivity index (χ3v) is 8.40. The number of hydrogen-bond donors (Lipinski definition) is 1. The second-order valence-electron chi connectivity index (χ2n) is 6.00. The van der Waals surface area contributed by atoms with E-state index in [1.54, 1.807) is 26.8 Å². The molecule has 0 spiro atoms. The number of nitrogens with one attached hydrogen (secondary N) is 1. The molecule has 0 amide bonds. The van der Waals surface area contributed by atoms with Crippen LogP contribution in [0.3, 0.4) is 0 Å². The van der Waals surface area contributed by atoms with Crippen molar-refractivity contribution in [3.05, 3.63) is 34.6 Å². The highest BCUT2D eigenvalue weighted by Gasteiger charge is 2.27. The van der Waals surface area contributed by atoms with Crippen LogP contribution in [0.5, 0.6) is 0 Å². The molecule has 8 nitrogen and oxygen atoms in total. The number of rotatable bonds is 7. The van der Waals surface area contributed by atoms with Gasteiger partial charge in [-0.05, 0) is 31.5 Å². The van der Waals surface area contributed by atoms with Crippen molar-refractivity contribution in [1.82, 2.24) is 14.1 Å². The van der Waals surface area contributed by atoms with Crippen LogP contribution in [0.15, 0.2) is 28.0 Å². The van der Waals surface area contributed by atoms with Crippen molar-refractivity contribution in [3.63, 3.8) is 0 Å². The fourth-order valence-corrected chi connectivity index (χ4v) is 6.28. The van der Waals surface area contributed by atoms with Crippen molar-refractivity contribution in [1.29, 1.82) is 0 Å². The zero-order valence-corrected chi connectivity index (χ0v) is 18.2. The average Bonchev–Trinajstić information content (AvgIpc) is 2.82. The standard InChI is InChI=1S/C16H23ClN4O4S2/c1-6-21(7-2)27(24,25)14-10-13(9-8-11(14)3)19-26(22,23)15-12(4)18-20(5)16(15)17/h8-10,19H,6-7H2,1-5H3. The summed E-state index contributed by atoms with van der Waals surface area (Å²) in [5, 5.41) is 3.97. The van der Waals surface area contributed by atoms with E-state index in [9.17, 15) is 16.8 Å². The van der Waals surface area contributed by atoms with Crippen LogP contribution in [0.25, 0.3) is 0 Å². The van der Waals surface area contributed by atoms with Crippen LogP contribution >= 0.6 is 11.6 Å². The Labute approximate surface area is 165 Å². The van der Waals surface area contributed by atoms with Crippen LogP contribution in [-0.2, 0) is 27.1 Å². The number of aromatic nitrogens is 2. The van der Waals surface area contributed by atoms with E-state index < -0.39 is 20.0 Å². The molecule has 27 heavy (non-hydrogen) atoms. The molecule has 150 valence electrons. The second-order valence-corrected chi connectivity index (χ2v) is 9.89. The molecule has 0 unspecified atom stereocenters. The summed E-state index contributed by atoms with van der Waals surface area (Å²) < 4.78 is 56.1. The molecule has 2 rings (SSSR count). The summed E-state index contributed by atoms with van der Waals surface area (Å²) in [7, 11) is -6.23. The molecule has 0 saturated carbocycles. The first-order valence-corrected chi connectivity index (χ1v) is 11.6. The molecule has 0 aliphatic heterocycles. The van der Waals surface area contributed by atoms with Crippen LogP contribution in [0.2, 0.25) is 5.15 Å². The van der Waals surface area contributed by atoms with Gasteiger partial charge in [-0.15, -0.1) is 0 Å². The first kappa shape index (κ1) is 21.7. The maximum absolute atomic E-state index is 12.8. The van der Waals surface area contributed by atoms with Gasteiger partial charge in [0.25, 0.3) is 10.0 Å². The number of nitrogens with zero attached hydrogens (tertiary/aromatic N) is 3. The molecule has 0 atom stereocenters. The highest BCUT2D eigenvalue weighted by atomic mass is 35.5. The summed E-state index contributed by atoms with van der Waals surface area (Å²) in [5.41, 5.74) is 0.907. The maximum Gasteiger partial charge on any atom is 0.266 e. The van der Waals surface area contributed by atoms with Crippen molar-refractivity contribution >= 4 is 37.3 Å². The highest BCUT2D eigenvalue weighted by molar-refractivity contribution is 7.93.